The van der Waals surface area contributed by atoms with Crippen LogP contribution in [0.2, 0.25) is 0 Å². The van der Waals surface area contributed by atoms with Crippen LogP contribution in [0.15, 0.2) is 0 Å². The van der Waals surface area contributed by atoms with Crippen molar-refractivity contribution in [1.29, 1.82) is 0 Å². The first-order chi connectivity index (χ1) is 5.37. The van der Waals surface area contributed by atoms with Crippen LogP contribution in [0.1, 0.15) is 20.3 Å². The molecule has 0 aliphatic carbocycles. The van der Waals surface area contributed by atoms with Crippen molar-refractivity contribution in [1.82, 2.24) is 5.32 Å². The molecule has 1 saturated heterocycles. The molecule has 5 nitrogen and oxygen atoms in total. The second-order valence-corrected chi connectivity index (χ2v) is 4.09. The van der Waals surface area contributed by atoms with E-state index < -0.39 is 10.1 Å². The van der Waals surface area contributed by atoms with Crippen molar-refractivity contribution < 1.29 is 47.3 Å². The molecule has 7 heteroatoms. The Kier molecular flexibility index (Phi) is 12.3. The molecule has 1 aliphatic heterocycles. The van der Waals surface area contributed by atoms with Crippen LogP contribution in [-0.4, -0.2) is 30.7 Å². The molecule has 1 amide bonds. The van der Waals surface area contributed by atoms with Crippen molar-refractivity contribution in [3.8, 4) is 0 Å². The van der Waals surface area contributed by atoms with Gasteiger partial charge in [-0.2, -0.15) is 8.42 Å². The minimum absolute atomic E-state index is 0. The van der Waals surface area contributed by atoms with E-state index in [1.807, 2.05) is 6.92 Å². The molecule has 2 N–H and O–H groups in total. The summed E-state index contributed by atoms with van der Waals surface area (Å²) >= 11 is 0. The second kappa shape index (κ2) is 8.67. The van der Waals surface area contributed by atoms with Gasteiger partial charge < -0.3 is 12.7 Å². The molecule has 0 saturated carbocycles. The maximum Gasteiger partial charge on any atom is 1.00 e. The summed E-state index contributed by atoms with van der Waals surface area (Å²) in [6.45, 7) is 3.52. The standard InChI is InChI=1S/C3H5NO.C3H8O3S.CH3.Na/c1-2-3(5)4-2;1-2-3-7(4,5)6;;/h2H,1H3,(H,4,5);2-3H2,1H3,(H,4,5,6);1H3;/q;;-1;+1. The maximum absolute atomic E-state index is 9.79. The summed E-state index contributed by atoms with van der Waals surface area (Å²) in [6.07, 6.45) is 0.471. The Morgan fingerprint density at radius 3 is 1.79 bits per heavy atom. The number of hydrogen-bond donors (Lipinski definition) is 2. The van der Waals surface area contributed by atoms with Gasteiger partial charge in [-0.1, -0.05) is 6.92 Å². The summed E-state index contributed by atoms with van der Waals surface area (Å²) in [7, 11) is -3.67. The van der Waals surface area contributed by atoms with Gasteiger partial charge >= 0.3 is 29.6 Å². The van der Waals surface area contributed by atoms with Gasteiger partial charge in [0.05, 0.1) is 5.75 Å². The molecule has 0 spiro atoms. The van der Waals surface area contributed by atoms with Gasteiger partial charge in [0.2, 0.25) is 5.91 Å². The Labute approximate surface area is 108 Å². The van der Waals surface area contributed by atoms with Crippen LogP contribution in [0.25, 0.3) is 0 Å². The van der Waals surface area contributed by atoms with Gasteiger partial charge in [0.1, 0.15) is 6.04 Å². The molecule has 1 atom stereocenters. The second-order valence-electron chi connectivity index (χ2n) is 2.52. The number of rotatable bonds is 2. The van der Waals surface area contributed by atoms with Gasteiger partial charge in [0.25, 0.3) is 10.1 Å². The minimum Gasteiger partial charge on any atom is -0.358 e. The van der Waals surface area contributed by atoms with Gasteiger partial charge in [0.15, 0.2) is 0 Å². The number of hydrogen-bond acceptors (Lipinski definition) is 3. The fourth-order valence-electron chi connectivity index (χ4n) is 0.430. The molecule has 14 heavy (non-hydrogen) atoms. The van der Waals surface area contributed by atoms with E-state index in [9.17, 15) is 13.2 Å². The van der Waals surface area contributed by atoms with Crippen LogP contribution in [0.4, 0.5) is 0 Å². The number of carbonyl (C=O) groups is 1. The van der Waals surface area contributed by atoms with E-state index in [0.29, 0.717) is 6.42 Å². The van der Waals surface area contributed by atoms with E-state index in [4.69, 9.17) is 4.55 Å². The fourth-order valence-corrected chi connectivity index (χ4v) is 0.946. The van der Waals surface area contributed by atoms with Crippen molar-refractivity contribution in [2.24, 2.45) is 0 Å². The normalized spacial score (nSPS) is 17.6. The van der Waals surface area contributed by atoms with Crippen LogP contribution in [0.5, 0.6) is 0 Å². The van der Waals surface area contributed by atoms with Crippen LogP contribution >= 0.6 is 0 Å². The van der Waals surface area contributed by atoms with Crippen molar-refractivity contribution in [3.05, 3.63) is 7.43 Å². The van der Waals surface area contributed by atoms with Crippen LogP contribution in [0, 0.1) is 7.43 Å². The van der Waals surface area contributed by atoms with Crippen molar-refractivity contribution in [2.75, 3.05) is 5.75 Å². The van der Waals surface area contributed by atoms with E-state index in [2.05, 4.69) is 5.32 Å². The van der Waals surface area contributed by atoms with Gasteiger partial charge in [0, 0.05) is 0 Å². The molecule has 0 aromatic carbocycles. The van der Waals surface area contributed by atoms with Crippen molar-refractivity contribution in [3.63, 3.8) is 0 Å². The van der Waals surface area contributed by atoms with Gasteiger partial charge in [-0.15, -0.1) is 0 Å². The molecular formula is C7H16NNaO4S. The number of nitrogens with one attached hydrogen (secondary N) is 1. The Morgan fingerprint density at radius 2 is 1.79 bits per heavy atom. The molecule has 80 valence electrons. The Morgan fingerprint density at radius 1 is 1.50 bits per heavy atom. The third kappa shape index (κ3) is 14.9. The van der Waals surface area contributed by atoms with Gasteiger partial charge in [-0.3, -0.25) is 9.35 Å². The average Bonchev–Trinajstić information content (AvgIpc) is 2.43. The molecule has 0 aromatic heterocycles. The summed E-state index contributed by atoms with van der Waals surface area (Å²) in [4.78, 5) is 9.78. The Bertz CT molecular complexity index is 252. The van der Waals surface area contributed by atoms with Crippen LogP contribution < -0.4 is 34.9 Å². The average molecular weight is 233 g/mol. The molecule has 1 heterocycles. The summed E-state index contributed by atoms with van der Waals surface area (Å²) in [5.41, 5.74) is 0. The zero-order valence-electron chi connectivity index (χ0n) is 9.07. The largest absolute Gasteiger partial charge is 1.00 e. The van der Waals surface area contributed by atoms with Gasteiger partial charge in [-0.05, 0) is 13.3 Å². The zero-order chi connectivity index (χ0) is 9.78. The quantitative estimate of drug-likeness (QED) is 0.234. The molecular weight excluding hydrogens is 217 g/mol. The van der Waals surface area contributed by atoms with Gasteiger partial charge in [-0.25, -0.2) is 0 Å². The van der Waals surface area contributed by atoms with E-state index in [0.717, 1.165) is 0 Å². The van der Waals surface area contributed by atoms with Crippen LogP contribution in [-0.2, 0) is 14.9 Å². The molecule has 1 aliphatic rings. The number of carbonyl (C=O) groups excluding carboxylic acids is 1. The molecule has 1 unspecified atom stereocenters. The molecule has 1 rings (SSSR count). The van der Waals surface area contributed by atoms with E-state index in [1.54, 1.807) is 6.92 Å². The summed E-state index contributed by atoms with van der Waals surface area (Å²) in [5.74, 6) is 0.0394. The Hall–Kier alpha value is 0.380. The summed E-state index contributed by atoms with van der Waals surface area (Å²) in [6, 6.07) is 0.162. The third-order valence-corrected chi connectivity index (χ3v) is 2.05. The predicted molar refractivity (Wildman–Crippen MR) is 50.7 cm³/mol. The predicted octanol–water partition coefficient (Wildman–Crippen LogP) is -2.76. The smallest absolute Gasteiger partial charge is 0.358 e. The number of amides is 1. The minimum atomic E-state index is -3.67. The van der Waals surface area contributed by atoms with Crippen molar-refractivity contribution >= 4 is 16.0 Å². The zero-order valence-corrected chi connectivity index (χ0v) is 11.9. The summed E-state index contributed by atoms with van der Waals surface area (Å²) < 4.78 is 27.6. The third-order valence-electron chi connectivity index (χ3n) is 1.13. The van der Waals surface area contributed by atoms with Crippen LogP contribution in [0.3, 0.4) is 0 Å². The molecule has 0 aromatic rings. The monoisotopic (exact) mass is 233 g/mol. The fraction of sp³-hybridized carbons (Fsp3) is 0.714. The molecule has 0 radical (unpaired) electrons. The topological polar surface area (TPSA) is 93.4 Å². The first-order valence-electron chi connectivity index (χ1n) is 3.62. The first-order valence-corrected chi connectivity index (χ1v) is 5.23. The molecule has 0 bridgehead atoms. The Balaban J connectivity index is -0.000000155. The van der Waals surface area contributed by atoms with Crippen molar-refractivity contribution in [2.45, 2.75) is 26.3 Å². The van der Waals surface area contributed by atoms with E-state index in [1.165, 1.54) is 0 Å². The molecule has 1 fully saturated rings. The van der Waals surface area contributed by atoms with E-state index >= 15 is 0 Å². The first kappa shape index (κ1) is 19.9. The summed E-state index contributed by atoms with van der Waals surface area (Å²) in [5, 5.41) is 2.56. The maximum atomic E-state index is 9.79. The van der Waals surface area contributed by atoms with E-state index in [-0.39, 0.29) is 54.7 Å². The SMILES string of the molecule is CC1NC1=O.CCCS(=O)(=O)O.[CH3-].[Na+].